The maximum Gasteiger partial charge on any atom is 0.243 e. The van der Waals surface area contributed by atoms with Crippen molar-refractivity contribution in [1.82, 2.24) is 10.1 Å². The molecule has 0 aromatic carbocycles. The van der Waals surface area contributed by atoms with Crippen molar-refractivity contribution in [2.45, 2.75) is 76.0 Å². The van der Waals surface area contributed by atoms with E-state index >= 15 is 0 Å². The molecule has 0 bridgehead atoms. The summed E-state index contributed by atoms with van der Waals surface area (Å²) < 4.78 is 22.7. The number of hydrogen-bond donors (Lipinski definition) is 1. The summed E-state index contributed by atoms with van der Waals surface area (Å²) in [7, 11) is 2.00. The minimum atomic E-state index is -0.249. The van der Waals surface area contributed by atoms with Gasteiger partial charge >= 0.3 is 0 Å². The SMILES string of the molecule is CC(C(=O)Nc1cc(C2(COC3CCCCO3)CCC2)no1)N(C)CC1CCOCC1. The number of likely N-dealkylation sites (N-methyl/N-ethyl adjacent to an activating group) is 1. The lowest BCUT2D eigenvalue weighted by atomic mass is 9.67. The first-order valence-electron chi connectivity index (χ1n) is 11.8. The van der Waals surface area contributed by atoms with Crippen LogP contribution >= 0.6 is 0 Å². The van der Waals surface area contributed by atoms with Crippen LogP contribution in [0, 0.1) is 5.92 Å². The van der Waals surface area contributed by atoms with Gasteiger partial charge in [-0.2, -0.15) is 0 Å². The number of aromatic nitrogens is 1. The normalized spacial score (nSPS) is 25.2. The fourth-order valence-corrected chi connectivity index (χ4v) is 4.68. The summed E-state index contributed by atoms with van der Waals surface area (Å²) in [5.74, 6) is 0.913. The maximum absolute atomic E-state index is 12.8. The summed E-state index contributed by atoms with van der Waals surface area (Å²) in [5, 5.41) is 7.19. The van der Waals surface area contributed by atoms with Crippen molar-refractivity contribution in [3.05, 3.63) is 11.8 Å². The molecule has 31 heavy (non-hydrogen) atoms. The second-order valence-electron chi connectivity index (χ2n) is 9.48. The highest BCUT2D eigenvalue weighted by atomic mass is 16.7. The highest BCUT2D eigenvalue weighted by Gasteiger charge is 2.42. The average Bonchev–Trinajstić information content (AvgIpc) is 3.22. The zero-order valence-corrected chi connectivity index (χ0v) is 18.9. The van der Waals surface area contributed by atoms with Gasteiger partial charge in [0, 0.05) is 37.8 Å². The van der Waals surface area contributed by atoms with Crippen molar-refractivity contribution in [3.8, 4) is 0 Å². The second kappa shape index (κ2) is 10.4. The fourth-order valence-electron chi connectivity index (χ4n) is 4.68. The van der Waals surface area contributed by atoms with Crippen molar-refractivity contribution in [2.75, 3.05) is 45.3 Å². The summed E-state index contributed by atoms with van der Waals surface area (Å²) in [6, 6.07) is 1.62. The number of hydrogen-bond acceptors (Lipinski definition) is 7. The quantitative estimate of drug-likeness (QED) is 0.637. The lowest BCUT2D eigenvalue weighted by Crippen LogP contribution is -2.42. The fraction of sp³-hybridized carbons (Fsp3) is 0.826. The molecule has 3 aliphatic rings. The number of nitrogens with zero attached hydrogens (tertiary/aromatic N) is 2. The van der Waals surface area contributed by atoms with Crippen molar-refractivity contribution in [1.29, 1.82) is 0 Å². The molecule has 2 saturated heterocycles. The van der Waals surface area contributed by atoms with E-state index in [-0.39, 0.29) is 23.7 Å². The van der Waals surface area contributed by atoms with Gasteiger partial charge in [0.25, 0.3) is 0 Å². The van der Waals surface area contributed by atoms with Gasteiger partial charge in [-0.15, -0.1) is 0 Å². The molecule has 0 radical (unpaired) electrons. The van der Waals surface area contributed by atoms with Gasteiger partial charge < -0.3 is 18.7 Å². The molecule has 1 aromatic rings. The van der Waals surface area contributed by atoms with Gasteiger partial charge in [0.05, 0.1) is 18.3 Å². The number of carbonyl (C=O) groups excluding carboxylic acids is 1. The van der Waals surface area contributed by atoms with Crippen LogP contribution in [-0.2, 0) is 24.4 Å². The largest absolute Gasteiger partial charge is 0.381 e. The van der Waals surface area contributed by atoms with Crippen LogP contribution in [0.25, 0.3) is 0 Å². The first-order chi connectivity index (χ1) is 15.1. The maximum atomic E-state index is 12.8. The highest BCUT2D eigenvalue weighted by Crippen LogP contribution is 2.44. The molecule has 1 saturated carbocycles. The molecule has 174 valence electrons. The Morgan fingerprint density at radius 2 is 2.06 bits per heavy atom. The van der Waals surface area contributed by atoms with E-state index in [1.54, 1.807) is 0 Å². The van der Waals surface area contributed by atoms with Gasteiger partial charge in [0.15, 0.2) is 6.29 Å². The molecule has 1 aliphatic carbocycles. The third-order valence-electron chi connectivity index (χ3n) is 7.22. The van der Waals surface area contributed by atoms with Crippen molar-refractivity contribution in [3.63, 3.8) is 0 Å². The number of anilines is 1. The zero-order valence-electron chi connectivity index (χ0n) is 18.9. The van der Waals surface area contributed by atoms with E-state index in [1.165, 1.54) is 0 Å². The predicted octanol–water partition coefficient (Wildman–Crippen LogP) is 3.32. The van der Waals surface area contributed by atoms with Gasteiger partial charge in [-0.1, -0.05) is 11.6 Å². The summed E-state index contributed by atoms with van der Waals surface area (Å²) in [6.45, 7) is 5.82. The van der Waals surface area contributed by atoms with E-state index in [1.807, 2.05) is 20.0 Å². The molecular weight excluding hydrogens is 398 g/mol. The summed E-state index contributed by atoms with van der Waals surface area (Å²) in [6.07, 6.45) is 8.41. The van der Waals surface area contributed by atoms with Crippen molar-refractivity contribution >= 4 is 11.8 Å². The Bertz CT molecular complexity index is 708. The minimum Gasteiger partial charge on any atom is -0.381 e. The van der Waals surface area contributed by atoms with Crippen LogP contribution in [0.2, 0.25) is 0 Å². The summed E-state index contributed by atoms with van der Waals surface area (Å²) in [4.78, 5) is 14.9. The minimum absolute atomic E-state index is 0.0771. The monoisotopic (exact) mass is 435 g/mol. The lowest BCUT2D eigenvalue weighted by molar-refractivity contribution is -0.177. The Hall–Kier alpha value is -1.48. The molecule has 1 aromatic heterocycles. The first-order valence-corrected chi connectivity index (χ1v) is 11.8. The van der Waals surface area contributed by atoms with Gasteiger partial charge in [0.2, 0.25) is 11.8 Å². The van der Waals surface area contributed by atoms with Crippen LogP contribution in [0.3, 0.4) is 0 Å². The Morgan fingerprint density at radius 1 is 1.26 bits per heavy atom. The predicted molar refractivity (Wildman–Crippen MR) is 116 cm³/mol. The van der Waals surface area contributed by atoms with Crippen LogP contribution in [0.5, 0.6) is 0 Å². The van der Waals surface area contributed by atoms with Crippen LogP contribution < -0.4 is 5.32 Å². The molecule has 2 aliphatic heterocycles. The smallest absolute Gasteiger partial charge is 0.243 e. The Morgan fingerprint density at radius 3 is 2.74 bits per heavy atom. The lowest BCUT2D eigenvalue weighted by Gasteiger charge is -2.40. The molecule has 1 N–H and O–H groups in total. The van der Waals surface area contributed by atoms with E-state index < -0.39 is 0 Å². The molecule has 8 heteroatoms. The van der Waals surface area contributed by atoms with Gasteiger partial charge in [-0.25, -0.2) is 0 Å². The van der Waals surface area contributed by atoms with Crippen LogP contribution in [0.1, 0.15) is 64.0 Å². The van der Waals surface area contributed by atoms with Crippen LogP contribution in [0.15, 0.2) is 10.6 Å². The summed E-state index contributed by atoms with van der Waals surface area (Å²) in [5.41, 5.74) is 0.742. The highest BCUT2D eigenvalue weighted by molar-refractivity contribution is 5.93. The standard InChI is InChI=1S/C23H37N3O5/c1-17(26(2)15-18-7-12-28-13-8-18)22(27)24-20-14-19(25-31-20)23(9-5-10-23)16-30-21-6-3-4-11-29-21/h14,17-18,21H,3-13,15-16H2,1-2H3,(H,24,27). The third-order valence-corrected chi connectivity index (χ3v) is 7.22. The van der Waals surface area contributed by atoms with Gasteiger partial charge in [0.1, 0.15) is 0 Å². The first kappa shape index (κ1) is 22.7. The van der Waals surface area contributed by atoms with Crippen molar-refractivity contribution in [2.24, 2.45) is 5.92 Å². The van der Waals surface area contributed by atoms with Crippen molar-refractivity contribution < 1.29 is 23.5 Å². The molecule has 2 unspecified atom stereocenters. The number of amides is 1. The van der Waals surface area contributed by atoms with Gasteiger partial charge in [-0.05, 0) is 64.8 Å². The number of carbonyl (C=O) groups is 1. The number of nitrogens with one attached hydrogen (secondary N) is 1. The van der Waals surface area contributed by atoms with E-state index in [9.17, 15) is 4.79 Å². The van der Waals surface area contributed by atoms with E-state index in [0.29, 0.717) is 18.4 Å². The molecule has 2 atom stereocenters. The molecule has 0 spiro atoms. The number of ether oxygens (including phenoxy) is 3. The molecule has 3 fully saturated rings. The Kier molecular flexibility index (Phi) is 7.63. The van der Waals surface area contributed by atoms with E-state index in [0.717, 1.165) is 83.4 Å². The number of rotatable bonds is 9. The van der Waals surface area contributed by atoms with Crippen LogP contribution in [0.4, 0.5) is 5.88 Å². The van der Waals surface area contributed by atoms with Gasteiger partial charge in [-0.3, -0.25) is 15.0 Å². The second-order valence-corrected chi connectivity index (χ2v) is 9.48. The average molecular weight is 436 g/mol. The Labute approximate surface area is 184 Å². The molecule has 8 nitrogen and oxygen atoms in total. The topological polar surface area (TPSA) is 86.1 Å². The van der Waals surface area contributed by atoms with E-state index in [2.05, 4.69) is 15.4 Å². The molecule has 4 rings (SSSR count). The molecule has 1 amide bonds. The molecule has 3 heterocycles. The van der Waals surface area contributed by atoms with Crippen LogP contribution in [-0.4, -0.2) is 68.3 Å². The van der Waals surface area contributed by atoms with E-state index in [4.69, 9.17) is 18.7 Å². The Balaban J connectivity index is 1.29. The zero-order chi connectivity index (χ0) is 21.7. The summed E-state index contributed by atoms with van der Waals surface area (Å²) >= 11 is 0. The molecular formula is C23H37N3O5. The third kappa shape index (κ3) is 5.66.